The summed E-state index contributed by atoms with van der Waals surface area (Å²) in [7, 11) is 4.09. The van der Waals surface area contributed by atoms with E-state index in [4.69, 9.17) is 11.6 Å². The van der Waals surface area contributed by atoms with Gasteiger partial charge < -0.3 is 10.0 Å². The van der Waals surface area contributed by atoms with Crippen molar-refractivity contribution in [3.63, 3.8) is 0 Å². The highest BCUT2D eigenvalue weighted by Crippen LogP contribution is 2.33. The number of benzene rings is 2. The predicted molar refractivity (Wildman–Crippen MR) is 113 cm³/mol. The molecular formula is C23H30ClNO. The van der Waals surface area contributed by atoms with Crippen molar-refractivity contribution in [2.75, 3.05) is 20.6 Å². The molecule has 0 radical (unpaired) electrons. The van der Waals surface area contributed by atoms with E-state index in [9.17, 15) is 5.11 Å². The van der Waals surface area contributed by atoms with Crippen molar-refractivity contribution < 1.29 is 5.11 Å². The van der Waals surface area contributed by atoms with E-state index in [2.05, 4.69) is 37.0 Å². The van der Waals surface area contributed by atoms with Crippen molar-refractivity contribution in [3.8, 4) is 0 Å². The number of aryl methyl sites for hydroxylation is 1. The third-order valence-electron chi connectivity index (χ3n) is 5.11. The van der Waals surface area contributed by atoms with Crippen LogP contribution in [-0.2, 0) is 6.42 Å². The zero-order chi connectivity index (χ0) is 19.3. The lowest BCUT2D eigenvalue weighted by Crippen LogP contribution is -2.44. The first-order valence-corrected chi connectivity index (χ1v) is 9.46. The molecule has 2 atom stereocenters. The second-order valence-corrected chi connectivity index (χ2v) is 8.01. The van der Waals surface area contributed by atoms with Crippen LogP contribution in [0, 0.1) is 12.8 Å². The number of halogens is 1. The van der Waals surface area contributed by atoms with E-state index in [1.165, 1.54) is 11.1 Å². The summed E-state index contributed by atoms with van der Waals surface area (Å²) in [5.41, 5.74) is 3.49. The lowest BCUT2D eigenvalue weighted by atomic mass is 9.76. The molecule has 2 rings (SSSR count). The minimum Gasteiger partial charge on any atom is -0.385 e. The van der Waals surface area contributed by atoms with Gasteiger partial charge in [0.2, 0.25) is 0 Å². The van der Waals surface area contributed by atoms with Gasteiger partial charge in [-0.1, -0.05) is 61.0 Å². The maximum absolute atomic E-state index is 11.8. The number of nitrogens with zero attached hydrogens (tertiary/aromatic N) is 1. The van der Waals surface area contributed by atoms with Crippen LogP contribution in [0.1, 0.15) is 30.5 Å². The smallest absolute Gasteiger partial charge is 0.0935 e. The number of hydrogen-bond donors (Lipinski definition) is 1. The maximum atomic E-state index is 11.8. The van der Waals surface area contributed by atoms with E-state index >= 15 is 0 Å². The summed E-state index contributed by atoms with van der Waals surface area (Å²) in [6.45, 7) is 7.06. The fraction of sp³-hybridized carbons (Fsp3) is 0.391. The lowest BCUT2D eigenvalue weighted by molar-refractivity contribution is 0.0148. The number of rotatable bonds is 7. The predicted octanol–water partition coefficient (Wildman–Crippen LogP) is 5.22. The topological polar surface area (TPSA) is 23.5 Å². The van der Waals surface area contributed by atoms with E-state index < -0.39 is 5.60 Å². The summed E-state index contributed by atoms with van der Waals surface area (Å²) in [5.74, 6) is 0.0839. The second-order valence-electron chi connectivity index (χ2n) is 7.57. The van der Waals surface area contributed by atoms with Crippen molar-refractivity contribution >= 4 is 17.7 Å². The van der Waals surface area contributed by atoms with Gasteiger partial charge in [0.05, 0.1) is 5.60 Å². The maximum Gasteiger partial charge on any atom is 0.0935 e. The molecule has 0 spiro atoms. The molecule has 2 aromatic carbocycles. The van der Waals surface area contributed by atoms with Crippen LogP contribution in [-0.4, -0.2) is 36.2 Å². The van der Waals surface area contributed by atoms with Crippen molar-refractivity contribution in [3.05, 3.63) is 75.8 Å². The van der Waals surface area contributed by atoms with Gasteiger partial charge in [0.1, 0.15) is 0 Å². The number of hydrogen-bond acceptors (Lipinski definition) is 2. The van der Waals surface area contributed by atoms with Crippen molar-refractivity contribution in [1.29, 1.82) is 0 Å². The van der Waals surface area contributed by atoms with Gasteiger partial charge in [-0.25, -0.2) is 0 Å². The van der Waals surface area contributed by atoms with Crippen LogP contribution in [0.5, 0.6) is 0 Å². The van der Waals surface area contributed by atoms with E-state index in [1.807, 2.05) is 57.4 Å². The molecule has 0 aliphatic carbocycles. The monoisotopic (exact) mass is 371 g/mol. The van der Waals surface area contributed by atoms with Crippen LogP contribution in [0.3, 0.4) is 0 Å². The molecule has 2 unspecified atom stereocenters. The molecule has 0 amide bonds. The summed E-state index contributed by atoms with van der Waals surface area (Å²) in [5, 5.41) is 12.5. The van der Waals surface area contributed by atoms with Gasteiger partial charge in [-0.15, -0.1) is 0 Å². The molecule has 0 saturated heterocycles. The zero-order valence-electron chi connectivity index (χ0n) is 16.5. The van der Waals surface area contributed by atoms with Crippen LogP contribution in [0.15, 0.2) is 54.1 Å². The molecule has 26 heavy (non-hydrogen) atoms. The number of aliphatic hydroxyl groups is 1. The van der Waals surface area contributed by atoms with Crippen molar-refractivity contribution in [1.82, 2.24) is 4.90 Å². The standard InChI is InChI=1S/C23H30ClNO/c1-17-8-6-7-9-21(17)15-23(26,19(3)16-25(4)5)18(2)14-20-10-12-22(24)13-11-20/h6-14,19,26H,15-16H2,1-5H3. The molecule has 140 valence electrons. The van der Waals surface area contributed by atoms with E-state index in [1.54, 1.807) is 0 Å². The molecule has 3 heteroatoms. The van der Waals surface area contributed by atoms with Crippen LogP contribution >= 0.6 is 11.6 Å². The van der Waals surface area contributed by atoms with E-state index in [0.29, 0.717) is 6.42 Å². The Labute approximate surface area is 163 Å². The van der Waals surface area contributed by atoms with E-state index in [-0.39, 0.29) is 5.92 Å². The highest BCUT2D eigenvalue weighted by molar-refractivity contribution is 6.30. The van der Waals surface area contributed by atoms with Gasteiger partial charge in [0.25, 0.3) is 0 Å². The Kier molecular flexibility index (Phi) is 7.05. The lowest BCUT2D eigenvalue weighted by Gasteiger charge is -2.37. The van der Waals surface area contributed by atoms with Gasteiger partial charge in [-0.05, 0) is 62.3 Å². The molecule has 2 nitrogen and oxygen atoms in total. The summed E-state index contributed by atoms with van der Waals surface area (Å²) >= 11 is 6.00. The first-order valence-electron chi connectivity index (χ1n) is 9.08. The van der Waals surface area contributed by atoms with Crippen molar-refractivity contribution in [2.45, 2.75) is 32.8 Å². The van der Waals surface area contributed by atoms with Gasteiger partial charge in [-0.3, -0.25) is 0 Å². The molecule has 0 fully saturated rings. The van der Waals surface area contributed by atoms with Crippen LogP contribution < -0.4 is 0 Å². The van der Waals surface area contributed by atoms with Crippen LogP contribution in [0.2, 0.25) is 5.02 Å². The molecular weight excluding hydrogens is 342 g/mol. The summed E-state index contributed by atoms with van der Waals surface area (Å²) < 4.78 is 0. The second kappa shape index (κ2) is 8.85. The largest absolute Gasteiger partial charge is 0.385 e. The Bertz CT molecular complexity index is 751. The molecule has 0 aromatic heterocycles. The minimum atomic E-state index is -0.921. The van der Waals surface area contributed by atoms with Gasteiger partial charge in [-0.2, -0.15) is 0 Å². The Hall–Kier alpha value is -1.61. The van der Waals surface area contributed by atoms with E-state index in [0.717, 1.165) is 22.7 Å². The highest BCUT2D eigenvalue weighted by Gasteiger charge is 2.36. The average Bonchev–Trinajstić information content (AvgIpc) is 2.58. The Balaban J connectivity index is 2.41. The molecule has 1 N–H and O–H groups in total. The molecule has 2 aromatic rings. The Morgan fingerprint density at radius 2 is 1.77 bits per heavy atom. The molecule has 0 aliphatic heterocycles. The normalized spacial score (nSPS) is 15.8. The Morgan fingerprint density at radius 1 is 1.15 bits per heavy atom. The first kappa shape index (κ1) is 20.7. The third-order valence-corrected chi connectivity index (χ3v) is 5.36. The first-order chi connectivity index (χ1) is 12.2. The fourth-order valence-corrected chi connectivity index (χ4v) is 3.56. The molecule has 0 heterocycles. The minimum absolute atomic E-state index is 0.0839. The Morgan fingerprint density at radius 3 is 2.35 bits per heavy atom. The quantitative estimate of drug-likeness (QED) is 0.720. The summed E-state index contributed by atoms with van der Waals surface area (Å²) in [6.07, 6.45) is 2.67. The molecule has 0 saturated carbocycles. The summed E-state index contributed by atoms with van der Waals surface area (Å²) in [6, 6.07) is 16.0. The van der Waals surface area contributed by atoms with Crippen molar-refractivity contribution in [2.24, 2.45) is 5.92 Å². The van der Waals surface area contributed by atoms with Crippen LogP contribution in [0.25, 0.3) is 6.08 Å². The summed E-state index contributed by atoms with van der Waals surface area (Å²) in [4.78, 5) is 2.13. The SMILES string of the molecule is CC(=Cc1ccc(Cl)cc1)C(O)(Cc1ccccc1C)C(C)CN(C)C. The van der Waals surface area contributed by atoms with Gasteiger partial charge in [0.15, 0.2) is 0 Å². The molecule has 0 bridgehead atoms. The molecule has 0 aliphatic rings. The zero-order valence-corrected chi connectivity index (χ0v) is 17.2. The van der Waals surface area contributed by atoms with Gasteiger partial charge in [0, 0.05) is 23.9 Å². The third kappa shape index (κ3) is 5.20. The van der Waals surface area contributed by atoms with Crippen LogP contribution in [0.4, 0.5) is 0 Å². The fourth-order valence-electron chi connectivity index (χ4n) is 3.43. The average molecular weight is 372 g/mol. The highest BCUT2D eigenvalue weighted by atomic mass is 35.5. The van der Waals surface area contributed by atoms with Gasteiger partial charge >= 0.3 is 0 Å².